The quantitative estimate of drug-likeness (QED) is 0.0173. The summed E-state index contributed by atoms with van der Waals surface area (Å²) in [5.74, 6) is -6.06. The Labute approximate surface area is 551 Å². The fourth-order valence-corrected chi connectivity index (χ4v) is 19.7. The van der Waals surface area contributed by atoms with Crippen LogP contribution in [-0.4, -0.2) is 351 Å². The molecule has 0 radical (unpaired) electrons. The van der Waals surface area contributed by atoms with Gasteiger partial charge in [-0.05, 0) is 25.7 Å². The van der Waals surface area contributed by atoms with Gasteiger partial charge in [0, 0.05) is 130 Å². The third-order valence-corrected chi connectivity index (χ3v) is 24.7. The van der Waals surface area contributed by atoms with E-state index in [0.29, 0.717) is 11.0 Å². The number of hydrogen-bond acceptors (Lipinski definition) is 24. The second-order valence-electron chi connectivity index (χ2n) is 26.0. The molecule has 3 saturated heterocycles. The van der Waals surface area contributed by atoms with Gasteiger partial charge in [0.2, 0.25) is 0 Å². The van der Waals surface area contributed by atoms with E-state index in [-0.39, 0.29) is 130 Å². The predicted molar refractivity (Wildman–Crippen MR) is 351 cm³/mol. The largest absolute Gasteiger partial charge is 0.502 e. The lowest BCUT2D eigenvalue weighted by Gasteiger charge is -2.43. The number of β-amino-alcohol motifs (C(OH)–C–C–N with tert-alkyl or cyclic N) is 3. The van der Waals surface area contributed by atoms with Crippen LogP contribution in [0.4, 0.5) is 0 Å². The highest BCUT2D eigenvalue weighted by Gasteiger charge is 2.50. The first-order valence-corrected chi connectivity index (χ1v) is 44.3. The van der Waals surface area contributed by atoms with E-state index in [1.165, 1.54) is 25.7 Å². The van der Waals surface area contributed by atoms with E-state index in [1.807, 2.05) is 0 Å². The molecule has 0 saturated carbocycles. The Balaban J connectivity index is 2.23. The van der Waals surface area contributed by atoms with E-state index >= 15 is 0 Å². The minimum absolute atomic E-state index is 0.147. The van der Waals surface area contributed by atoms with Crippen molar-refractivity contribution in [3.8, 4) is 0 Å². The van der Waals surface area contributed by atoms with Crippen LogP contribution in [0.25, 0.3) is 0 Å². The van der Waals surface area contributed by atoms with Crippen molar-refractivity contribution in [2.75, 3.05) is 179 Å². The smallest absolute Gasteiger partial charge is 0.391 e. The van der Waals surface area contributed by atoms with E-state index in [2.05, 4.69) is 20.9 Å². The number of aliphatic hydroxyl groups is 3. The number of hydrogen-bond donors (Lipinski definition) is 9. The molecule has 0 aliphatic carbocycles. The lowest BCUT2D eigenvalue weighted by Crippen LogP contribution is -2.61. The lowest BCUT2D eigenvalue weighted by atomic mass is 10.1. The summed E-state index contributed by atoms with van der Waals surface area (Å²) < 4.78 is 230. The van der Waals surface area contributed by atoms with Gasteiger partial charge in [-0.2, -0.15) is 50.5 Å². The number of unbranched alkanes of at least 4 members (excludes halogenated alkanes) is 14. The van der Waals surface area contributed by atoms with Crippen molar-refractivity contribution in [2.24, 2.45) is 0 Å². The fourth-order valence-electron chi connectivity index (χ4n) is 12.5. The molecule has 6 unspecified atom stereocenters. The minimum atomic E-state index is -5.02. The normalized spacial score (nSPS) is 20.2. The van der Waals surface area contributed by atoms with Gasteiger partial charge < -0.3 is 33.1 Å². The van der Waals surface area contributed by atoms with Gasteiger partial charge in [-0.25, -0.2) is 0 Å². The molecule has 0 aromatic carbocycles. The van der Waals surface area contributed by atoms with Gasteiger partial charge in [-0.15, -0.1) is 0 Å². The summed E-state index contributed by atoms with van der Waals surface area (Å²) >= 11 is 0. The number of quaternary nitrogens is 1. The Kier molecular flexibility index (Phi) is 38.7. The predicted octanol–water partition coefficient (Wildman–Crippen LogP) is 0.461. The summed E-state index contributed by atoms with van der Waals surface area (Å²) in [6.45, 7) is 7.10. The van der Waals surface area contributed by atoms with Crippen molar-refractivity contribution in [2.45, 2.75) is 166 Å². The average Bonchev–Trinajstić information content (AvgIpc) is 0.810. The van der Waals surface area contributed by atoms with Crippen LogP contribution in [0.3, 0.4) is 0 Å². The van der Waals surface area contributed by atoms with Crippen LogP contribution >= 0.6 is 0 Å². The van der Waals surface area contributed by atoms with Gasteiger partial charge in [0.1, 0.15) is 34.5 Å². The molecule has 3 aliphatic rings. The molecule has 0 aromatic rings. The van der Waals surface area contributed by atoms with E-state index in [9.17, 15) is 93.1 Å². The molecule has 0 bridgehead atoms. The molecule has 0 aromatic heterocycles. The topological polar surface area (TPSA) is 434 Å². The van der Waals surface area contributed by atoms with Crippen LogP contribution in [0.5, 0.6) is 0 Å². The Morgan fingerprint density at radius 1 is 0.326 bits per heavy atom. The second-order valence-corrected chi connectivity index (χ2v) is 37.6. The molecular weight excluding hydrogens is 1350 g/mol. The summed E-state index contributed by atoms with van der Waals surface area (Å²) in [4.78, 5) is 10.4. The molecule has 9 N–H and O–H groups in total. The van der Waals surface area contributed by atoms with Crippen molar-refractivity contribution in [1.82, 2.24) is 29.4 Å². The monoisotopic (exact) mass is 1460 g/mol. The van der Waals surface area contributed by atoms with Crippen LogP contribution in [0.1, 0.15) is 123 Å². The van der Waals surface area contributed by atoms with E-state index in [1.54, 1.807) is 29.4 Å². The first-order chi connectivity index (χ1) is 42.7. The molecule has 548 valence electrons. The zero-order chi connectivity index (χ0) is 68.9. The van der Waals surface area contributed by atoms with Crippen molar-refractivity contribution < 1.29 is 111 Å². The van der Waals surface area contributed by atoms with Gasteiger partial charge in [-0.1, -0.05) is 90.9 Å². The number of aliphatic hydroxyl groups excluding tert-OH is 3. The maximum atomic E-state index is 13.2. The Bertz CT molecular complexity index is 2490. The lowest BCUT2D eigenvalue weighted by molar-refractivity contribution is -0.910. The Morgan fingerprint density at radius 3 is 0.761 bits per heavy atom. The highest BCUT2D eigenvalue weighted by atomic mass is 32.2. The van der Waals surface area contributed by atoms with E-state index in [4.69, 9.17) is 13.3 Å². The first kappa shape index (κ1) is 85.4. The zero-order valence-corrected chi connectivity index (χ0v) is 60.4. The standard InChI is InChI=1S/C54H113N7O24S6Si/c1-4-6-8-10-12-14-16-18-33-61(3,34-19-17-15-13-11-9-7-5-2)35-20-36-92(83-52(46-89(74,75)76)40-58-27-21-55(22-28-58)37-49(62)43-86(65,66)67,84-53(47-90(77,78)79)41-59-29-23-56(24-30-59)38-50(63)44-87(68,69)70)85-54(48-91(80,81)82)42-60-31-25-57(26-32-60)39-51(64)45-88(71,72)73/h49-54,62-64H,4-48H2,1-3H3,(H5-,65,66,67,68,69,70,71,72,73,74,75,76,77,78,79,80,81,82)/p+1. The third kappa shape index (κ3) is 42.2. The molecule has 31 nitrogen and oxygen atoms in total. The maximum Gasteiger partial charge on any atom is 0.502 e. The van der Waals surface area contributed by atoms with Gasteiger partial charge in [0.05, 0.1) is 63.3 Å². The second kappa shape index (κ2) is 41.7. The number of nitrogens with zero attached hydrogens (tertiary/aromatic N) is 7. The van der Waals surface area contributed by atoms with Crippen LogP contribution < -0.4 is 0 Å². The van der Waals surface area contributed by atoms with Crippen LogP contribution in [0, 0.1) is 0 Å². The number of rotatable bonds is 52. The first-order valence-electron chi connectivity index (χ1n) is 32.7. The Morgan fingerprint density at radius 2 is 0.533 bits per heavy atom. The van der Waals surface area contributed by atoms with Crippen molar-refractivity contribution in [1.29, 1.82) is 0 Å². The molecule has 3 fully saturated rings. The SMILES string of the molecule is CCCCCCCCCC[N+](C)(CCCCCCCCCC)CCC[Si](OC(CN1CCN(CC(O)CS(=O)(=O)O)CC1)CS(=O)(=O)O)(OC(CN1CCN(CC(O)CS(=O)(=O)O)CC1)CS(=O)(=O)O)OC(CN1CCN(CC(O)CS(=O)(=O)O)CC1)CS(=O)(=O)O. The molecule has 0 amide bonds. The summed E-state index contributed by atoms with van der Waals surface area (Å²) in [7, 11) is -31.4. The average molecular weight is 1470 g/mol. The van der Waals surface area contributed by atoms with Crippen molar-refractivity contribution >= 4 is 69.5 Å². The summed E-state index contributed by atoms with van der Waals surface area (Å²) in [5.41, 5.74) is 0. The highest BCUT2D eigenvalue weighted by Crippen LogP contribution is 2.29. The minimum Gasteiger partial charge on any atom is -0.391 e. The molecule has 3 aliphatic heterocycles. The van der Waals surface area contributed by atoms with Gasteiger partial charge in [0.25, 0.3) is 60.7 Å². The zero-order valence-electron chi connectivity index (χ0n) is 54.5. The highest BCUT2D eigenvalue weighted by molar-refractivity contribution is 7.87. The fraction of sp³-hybridized carbons (Fsp3) is 1.00. The summed E-state index contributed by atoms with van der Waals surface area (Å²) in [6.07, 6.45) is 8.33. The van der Waals surface area contributed by atoms with E-state index in [0.717, 1.165) is 90.1 Å². The van der Waals surface area contributed by atoms with Gasteiger partial charge in [0.15, 0.2) is 0 Å². The molecule has 92 heavy (non-hydrogen) atoms. The maximum absolute atomic E-state index is 13.2. The van der Waals surface area contributed by atoms with Crippen LogP contribution in [0.2, 0.25) is 6.04 Å². The van der Waals surface area contributed by atoms with Crippen LogP contribution in [-0.2, 0) is 74.0 Å². The molecule has 0 spiro atoms. The molecule has 6 atom stereocenters. The van der Waals surface area contributed by atoms with Crippen molar-refractivity contribution in [3.63, 3.8) is 0 Å². The molecule has 3 rings (SSSR count). The van der Waals surface area contributed by atoms with Gasteiger partial charge >= 0.3 is 8.80 Å². The summed E-state index contributed by atoms with van der Waals surface area (Å²) in [6, 6.07) is -0.236. The Hall–Kier alpha value is -0.843. The van der Waals surface area contributed by atoms with Gasteiger partial charge in [-0.3, -0.25) is 56.7 Å². The molecule has 38 heteroatoms. The third-order valence-electron chi connectivity index (χ3n) is 16.9. The molecular formula is C54H114N7O24S6Si+. The number of piperazine rings is 3. The van der Waals surface area contributed by atoms with Crippen molar-refractivity contribution in [3.05, 3.63) is 0 Å². The molecule has 3 heterocycles. The van der Waals surface area contributed by atoms with Crippen LogP contribution in [0.15, 0.2) is 0 Å². The van der Waals surface area contributed by atoms with E-state index < -0.39 is 141 Å². The summed E-state index contributed by atoms with van der Waals surface area (Å²) in [5, 5.41) is 31.3.